The molecule has 0 saturated carbocycles. The highest BCUT2D eigenvalue weighted by molar-refractivity contribution is 6.32. The van der Waals surface area contributed by atoms with Crippen LogP contribution in [0.2, 0.25) is 5.02 Å². The van der Waals surface area contributed by atoms with E-state index in [1.54, 1.807) is 0 Å². The minimum absolute atomic E-state index is 0.0867. The third-order valence-electron chi connectivity index (χ3n) is 3.07. The normalized spacial score (nSPS) is 12.2. The molecule has 0 heterocycles. The summed E-state index contributed by atoms with van der Waals surface area (Å²) in [5, 5.41) is 8.08. The standard InChI is InChI=1S/C15H6ClF7O3/c16-10-3-6(14(18,19)20)4-11(17)12(10)26-7-1-2-9(15(21,22)23)8(5-7)13(24)25/h1-5H,(H,24,25). The molecule has 0 amide bonds. The number of hydrogen-bond acceptors (Lipinski definition) is 2. The summed E-state index contributed by atoms with van der Waals surface area (Å²) >= 11 is 5.54. The van der Waals surface area contributed by atoms with Gasteiger partial charge in [-0.25, -0.2) is 9.18 Å². The number of rotatable bonds is 3. The van der Waals surface area contributed by atoms with Crippen molar-refractivity contribution in [1.29, 1.82) is 0 Å². The van der Waals surface area contributed by atoms with Gasteiger partial charge in [-0.05, 0) is 30.3 Å². The number of hydrogen-bond donors (Lipinski definition) is 1. The van der Waals surface area contributed by atoms with Crippen molar-refractivity contribution in [2.24, 2.45) is 0 Å². The van der Waals surface area contributed by atoms with Gasteiger partial charge in [-0.3, -0.25) is 0 Å². The molecule has 0 saturated heterocycles. The number of benzene rings is 2. The molecular weight excluding hydrogens is 397 g/mol. The smallest absolute Gasteiger partial charge is 0.417 e. The molecule has 0 fully saturated rings. The quantitative estimate of drug-likeness (QED) is 0.640. The first-order valence-corrected chi connectivity index (χ1v) is 6.87. The molecule has 0 atom stereocenters. The van der Waals surface area contributed by atoms with Gasteiger partial charge in [0.15, 0.2) is 11.6 Å². The van der Waals surface area contributed by atoms with Crippen molar-refractivity contribution < 1.29 is 45.4 Å². The monoisotopic (exact) mass is 402 g/mol. The average molecular weight is 403 g/mol. The second-order valence-electron chi connectivity index (χ2n) is 4.88. The van der Waals surface area contributed by atoms with Crippen LogP contribution in [0.1, 0.15) is 21.5 Å². The zero-order chi connectivity index (χ0) is 19.9. The van der Waals surface area contributed by atoms with Crippen LogP contribution in [0.3, 0.4) is 0 Å². The van der Waals surface area contributed by atoms with Gasteiger partial charge >= 0.3 is 18.3 Å². The topological polar surface area (TPSA) is 46.5 Å². The van der Waals surface area contributed by atoms with Gasteiger partial charge in [0.1, 0.15) is 5.75 Å². The molecule has 0 aliphatic heterocycles. The summed E-state index contributed by atoms with van der Waals surface area (Å²) < 4.78 is 94.7. The Morgan fingerprint density at radius 3 is 2.08 bits per heavy atom. The van der Waals surface area contributed by atoms with Gasteiger partial charge in [0.2, 0.25) is 0 Å². The fraction of sp³-hybridized carbons (Fsp3) is 0.133. The first-order valence-electron chi connectivity index (χ1n) is 6.49. The molecule has 2 aromatic carbocycles. The predicted octanol–water partition coefficient (Wildman–Crippen LogP) is 6.01. The molecule has 11 heteroatoms. The van der Waals surface area contributed by atoms with E-state index in [9.17, 15) is 35.5 Å². The number of carboxylic acid groups (broad SMARTS) is 1. The van der Waals surface area contributed by atoms with E-state index in [0.717, 1.165) is 0 Å². The fourth-order valence-corrected chi connectivity index (χ4v) is 2.20. The van der Waals surface area contributed by atoms with Gasteiger partial charge in [0, 0.05) is 0 Å². The van der Waals surface area contributed by atoms with E-state index in [0.29, 0.717) is 24.3 Å². The Labute approximate surface area is 145 Å². The van der Waals surface area contributed by atoms with Crippen molar-refractivity contribution >= 4 is 17.6 Å². The average Bonchev–Trinajstić information content (AvgIpc) is 2.48. The highest BCUT2D eigenvalue weighted by Gasteiger charge is 2.36. The summed E-state index contributed by atoms with van der Waals surface area (Å²) in [6.07, 6.45) is -9.85. The lowest BCUT2D eigenvalue weighted by molar-refractivity contribution is -0.138. The van der Waals surface area contributed by atoms with Crippen LogP contribution in [0, 0.1) is 5.82 Å². The third kappa shape index (κ3) is 4.18. The molecule has 2 rings (SSSR count). The Bertz CT molecular complexity index is 836. The molecule has 0 radical (unpaired) electrons. The Hall–Kier alpha value is -2.49. The summed E-state index contributed by atoms with van der Waals surface area (Å²) in [5.41, 5.74) is -4.05. The number of carbonyl (C=O) groups is 1. The van der Waals surface area contributed by atoms with Gasteiger partial charge < -0.3 is 9.84 Å². The summed E-state index contributed by atoms with van der Waals surface area (Å²) in [6.45, 7) is 0. The molecule has 26 heavy (non-hydrogen) atoms. The largest absolute Gasteiger partial charge is 0.478 e. The van der Waals surface area contributed by atoms with Crippen LogP contribution in [-0.2, 0) is 12.4 Å². The maximum atomic E-state index is 13.8. The zero-order valence-electron chi connectivity index (χ0n) is 12.2. The number of carboxylic acids is 1. The van der Waals surface area contributed by atoms with Crippen molar-refractivity contribution in [3.63, 3.8) is 0 Å². The van der Waals surface area contributed by atoms with Gasteiger partial charge in [-0.2, -0.15) is 26.3 Å². The SMILES string of the molecule is O=C(O)c1cc(Oc2c(F)cc(C(F)(F)F)cc2Cl)ccc1C(F)(F)F. The molecule has 1 N–H and O–H groups in total. The summed E-state index contributed by atoms with van der Waals surface area (Å²) in [5.74, 6) is -4.91. The lowest BCUT2D eigenvalue weighted by Crippen LogP contribution is -2.13. The first kappa shape index (κ1) is 19.8. The molecular formula is C15H6ClF7O3. The molecule has 3 nitrogen and oxygen atoms in total. The third-order valence-corrected chi connectivity index (χ3v) is 3.35. The minimum Gasteiger partial charge on any atom is -0.478 e. The van der Waals surface area contributed by atoms with Crippen LogP contribution in [0.25, 0.3) is 0 Å². The Balaban J connectivity index is 2.47. The maximum absolute atomic E-state index is 13.8. The van der Waals surface area contributed by atoms with Gasteiger partial charge in [0.25, 0.3) is 0 Å². The van der Waals surface area contributed by atoms with Gasteiger partial charge in [-0.1, -0.05) is 11.6 Å². The van der Waals surface area contributed by atoms with E-state index in [1.807, 2.05) is 0 Å². The van der Waals surface area contributed by atoms with Crippen LogP contribution in [0.15, 0.2) is 30.3 Å². The van der Waals surface area contributed by atoms with Crippen molar-refractivity contribution in [1.82, 2.24) is 0 Å². The number of alkyl halides is 6. The molecule has 0 unspecified atom stereocenters. The van der Waals surface area contributed by atoms with E-state index in [1.165, 1.54) is 0 Å². The molecule has 0 aromatic heterocycles. The van der Waals surface area contributed by atoms with E-state index in [2.05, 4.69) is 0 Å². The molecule has 0 bridgehead atoms. The summed E-state index contributed by atoms with van der Waals surface area (Å²) in [4.78, 5) is 11.0. The van der Waals surface area contributed by atoms with Crippen LogP contribution >= 0.6 is 11.6 Å². The maximum Gasteiger partial charge on any atom is 0.417 e. The van der Waals surface area contributed by atoms with E-state index in [4.69, 9.17) is 21.4 Å². The number of ether oxygens (including phenoxy) is 1. The van der Waals surface area contributed by atoms with Crippen LogP contribution in [0.4, 0.5) is 30.7 Å². The number of aromatic carboxylic acids is 1. The van der Waals surface area contributed by atoms with Crippen LogP contribution < -0.4 is 4.74 Å². The van der Waals surface area contributed by atoms with Crippen molar-refractivity contribution in [3.05, 3.63) is 57.9 Å². The highest BCUT2D eigenvalue weighted by Crippen LogP contribution is 2.40. The lowest BCUT2D eigenvalue weighted by Gasteiger charge is -2.14. The van der Waals surface area contributed by atoms with Crippen molar-refractivity contribution in [3.8, 4) is 11.5 Å². The summed E-state index contributed by atoms with van der Waals surface area (Å²) in [6, 6.07) is 1.97. The molecule has 0 spiro atoms. The van der Waals surface area contributed by atoms with Gasteiger partial charge in [-0.15, -0.1) is 0 Å². The van der Waals surface area contributed by atoms with Crippen molar-refractivity contribution in [2.75, 3.05) is 0 Å². The predicted molar refractivity (Wildman–Crippen MR) is 74.9 cm³/mol. The highest BCUT2D eigenvalue weighted by atomic mass is 35.5. The lowest BCUT2D eigenvalue weighted by atomic mass is 10.1. The molecule has 2 aromatic rings. The molecule has 0 aliphatic rings. The second kappa shape index (κ2) is 6.67. The number of halogens is 8. The van der Waals surface area contributed by atoms with Crippen LogP contribution in [0.5, 0.6) is 11.5 Å². The minimum atomic E-state index is -4.97. The van der Waals surface area contributed by atoms with E-state index < -0.39 is 57.4 Å². The van der Waals surface area contributed by atoms with Gasteiger partial charge in [0.05, 0.1) is 21.7 Å². The zero-order valence-corrected chi connectivity index (χ0v) is 12.9. The summed E-state index contributed by atoms with van der Waals surface area (Å²) in [7, 11) is 0. The Morgan fingerprint density at radius 2 is 1.62 bits per heavy atom. The molecule has 0 aliphatic carbocycles. The van der Waals surface area contributed by atoms with Crippen molar-refractivity contribution in [2.45, 2.75) is 12.4 Å². The Kier molecular flexibility index (Phi) is 5.09. The molecule has 140 valence electrons. The Morgan fingerprint density at radius 1 is 1.00 bits per heavy atom. The fourth-order valence-electron chi connectivity index (χ4n) is 1.95. The van der Waals surface area contributed by atoms with E-state index in [-0.39, 0.29) is 6.07 Å². The first-order chi connectivity index (χ1) is 11.8. The second-order valence-corrected chi connectivity index (χ2v) is 5.29. The van der Waals surface area contributed by atoms with E-state index >= 15 is 0 Å². The van der Waals surface area contributed by atoms with Crippen LogP contribution in [-0.4, -0.2) is 11.1 Å².